The van der Waals surface area contributed by atoms with Crippen molar-refractivity contribution < 1.29 is 0 Å². The first-order valence-electron chi connectivity index (χ1n) is 14.0. The third-order valence-corrected chi connectivity index (χ3v) is 7.70. The second-order valence-electron chi connectivity index (χ2n) is 9.84. The van der Waals surface area contributed by atoms with E-state index in [0.29, 0.717) is 0 Å². The standard InChI is InChI=1S/C36H24N2.C2H6/c1-2-12-27(13-3-1)37-35-20-9-6-17-31(35)32-24-26(21-22-36(32)37)25-11-10-14-28(23-25)38-33-18-7-4-15-29(33)30-16-5-8-19-34(30)38;1-2/h1-24H;1-2H3. The normalized spacial score (nSPS) is 11.2. The van der Waals surface area contributed by atoms with Crippen LogP contribution < -0.4 is 0 Å². The molecule has 0 aliphatic carbocycles. The van der Waals surface area contributed by atoms with E-state index in [2.05, 4.69) is 155 Å². The molecule has 0 aliphatic heterocycles. The maximum atomic E-state index is 2.38. The summed E-state index contributed by atoms with van der Waals surface area (Å²) < 4.78 is 4.75. The van der Waals surface area contributed by atoms with Gasteiger partial charge in [0.05, 0.1) is 22.1 Å². The fourth-order valence-electron chi connectivity index (χ4n) is 6.03. The summed E-state index contributed by atoms with van der Waals surface area (Å²) in [5, 5.41) is 5.10. The van der Waals surface area contributed by atoms with Crippen LogP contribution in [0.3, 0.4) is 0 Å². The number of hydrogen-bond donors (Lipinski definition) is 0. The van der Waals surface area contributed by atoms with Gasteiger partial charge in [-0.05, 0) is 65.7 Å². The van der Waals surface area contributed by atoms with E-state index in [9.17, 15) is 0 Å². The lowest BCUT2D eigenvalue weighted by molar-refractivity contribution is 1.18. The van der Waals surface area contributed by atoms with E-state index in [1.54, 1.807) is 0 Å². The zero-order valence-electron chi connectivity index (χ0n) is 22.8. The Morgan fingerprint density at radius 1 is 0.325 bits per heavy atom. The molecule has 192 valence electrons. The molecule has 0 aliphatic rings. The van der Waals surface area contributed by atoms with Crippen molar-refractivity contribution in [3.63, 3.8) is 0 Å². The highest BCUT2D eigenvalue weighted by Crippen LogP contribution is 2.36. The van der Waals surface area contributed by atoms with Crippen molar-refractivity contribution >= 4 is 43.6 Å². The van der Waals surface area contributed by atoms with E-state index in [1.165, 1.54) is 66.1 Å². The Bertz CT molecular complexity index is 2070. The van der Waals surface area contributed by atoms with E-state index in [0.717, 1.165) is 0 Å². The van der Waals surface area contributed by atoms with Gasteiger partial charge in [-0.1, -0.05) is 105 Å². The van der Waals surface area contributed by atoms with E-state index >= 15 is 0 Å². The molecule has 0 saturated carbocycles. The SMILES string of the molecule is CC.c1ccc(-n2c3ccccc3c3cc(-c4cccc(-n5c6ccccc6c6ccccc65)c4)ccc32)cc1. The average molecular weight is 515 g/mol. The molecule has 0 atom stereocenters. The van der Waals surface area contributed by atoms with Crippen molar-refractivity contribution in [3.05, 3.63) is 146 Å². The zero-order valence-corrected chi connectivity index (χ0v) is 22.8. The van der Waals surface area contributed by atoms with Crippen molar-refractivity contribution in [3.8, 4) is 22.5 Å². The van der Waals surface area contributed by atoms with Gasteiger partial charge in [0.1, 0.15) is 0 Å². The lowest BCUT2D eigenvalue weighted by atomic mass is 10.0. The highest BCUT2D eigenvalue weighted by molar-refractivity contribution is 6.11. The Morgan fingerprint density at radius 2 is 0.775 bits per heavy atom. The average Bonchev–Trinajstić information content (AvgIpc) is 3.55. The summed E-state index contributed by atoms with van der Waals surface area (Å²) in [6.07, 6.45) is 0. The molecule has 2 heteroatoms. The van der Waals surface area contributed by atoms with Gasteiger partial charge in [-0.15, -0.1) is 0 Å². The van der Waals surface area contributed by atoms with Gasteiger partial charge in [-0.2, -0.15) is 0 Å². The Hall–Kier alpha value is -5.08. The Morgan fingerprint density at radius 3 is 1.40 bits per heavy atom. The predicted molar refractivity (Wildman–Crippen MR) is 172 cm³/mol. The molecule has 8 rings (SSSR count). The Kier molecular flexibility index (Phi) is 5.94. The lowest BCUT2D eigenvalue weighted by Gasteiger charge is -2.11. The summed E-state index contributed by atoms with van der Waals surface area (Å²) >= 11 is 0. The molecule has 0 saturated heterocycles. The van der Waals surface area contributed by atoms with Gasteiger partial charge in [0.25, 0.3) is 0 Å². The molecular formula is C38H30N2. The number of para-hydroxylation sites is 4. The highest BCUT2D eigenvalue weighted by atomic mass is 15.0. The summed E-state index contributed by atoms with van der Waals surface area (Å²) in [4.78, 5) is 0. The minimum absolute atomic E-state index is 1.17. The van der Waals surface area contributed by atoms with Crippen molar-refractivity contribution in [1.82, 2.24) is 9.13 Å². The molecular weight excluding hydrogens is 484 g/mol. The zero-order chi connectivity index (χ0) is 27.1. The fraction of sp³-hybridized carbons (Fsp3) is 0.0526. The molecule has 0 radical (unpaired) electrons. The molecule has 2 aromatic heterocycles. The largest absolute Gasteiger partial charge is 0.309 e. The van der Waals surface area contributed by atoms with Crippen LogP contribution in [0, 0.1) is 0 Å². The third-order valence-electron chi connectivity index (χ3n) is 7.70. The summed E-state index contributed by atoms with van der Waals surface area (Å²) in [5.41, 5.74) is 9.69. The van der Waals surface area contributed by atoms with Crippen LogP contribution in [-0.4, -0.2) is 9.13 Å². The molecule has 2 nitrogen and oxygen atoms in total. The van der Waals surface area contributed by atoms with E-state index in [1.807, 2.05) is 13.8 Å². The number of rotatable bonds is 3. The molecule has 0 fully saturated rings. The first-order valence-corrected chi connectivity index (χ1v) is 14.0. The minimum Gasteiger partial charge on any atom is -0.309 e. The van der Waals surface area contributed by atoms with Gasteiger partial charge >= 0.3 is 0 Å². The summed E-state index contributed by atoms with van der Waals surface area (Å²) in [6, 6.07) is 52.5. The van der Waals surface area contributed by atoms with E-state index in [4.69, 9.17) is 0 Å². The molecule has 6 aromatic carbocycles. The summed E-state index contributed by atoms with van der Waals surface area (Å²) in [7, 11) is 0. The Balaban J connectivity index is 0.00000130. The topological polar surface area (TPSA) is 9.86 Å². The van der Waals surface area contributed by atoms with Crippen LogP contribution >= 0.6 is 0 Å². The highest BCUT2D eigenvalue weighted by Gasteiger charge is 2.14. The van der Waals surface area contributed by atoms with Crippen LogP contribution in [0.15, 0.2) is 146 Å². The van der Waals surface area contributed by atoms with Crippen molar-refractivity contribution in [2.75, 3.05) is 0 Å². The van der Waals surface area contributed by atoms with Gasteiger partial charge < -0.3 is 9.13 Å². The molecule has 2 heterocycles. The predicted octanol–water partition coefficient (Wildman–Crippen LogP) is 10.6. The monoisotopic (exact) mass is 514 g/mol. The number of aromatic nitrogens is 2. The van der Waals surface area contributed by atoms with Crippen molar-refractivity contribution in [2.24, 2.45) is 0 Å². The molecule has 40 heavy (non-hydrogen) atoms. The number of nitrogens with zero attached hydrogens (tertiary/aromatic N) is 2. The lowest BCUT2D eigenvalue weighted by Crippen LogP contribution is -1.94. The Labute approximate surface area is 234 Å². The summed E-state index contributed by atoms with van der Waals surface area (Å²) in [6.45, 7) is 4.00. The van der Waals surface area contributed by atoms with Crippen molar-refractivity contribution in [1.29, 1.82) is 0 Å². The van der Waals surface area contributed by atoms with Crippen LogP contribution in [-0.2, 0) is 0 Å². The van der Waals surface area contributed by atoms with Crippen LogP contribution in [0.2, 0.25) is 0 Å². The van der Waals surface area contributed by atoms with Gasteiger partial charge in [0.15, 0.2) is 0 Å². The third kappa shape index (κ3) is 3.72. The fourth-order valence-corrected chi connectivity index (χ4v) is 6.03. The smallest absolute Gasteiger partial charge is 0.0541 e. The molecule has 0 amide bonds. The second kappa shape index (κ2) is 9.91. The first kappa shape index (κ1) is 24.0. The summed E-state index contributed by atoms with van der Waals surface area (Å²) in [5.74, 6) is 0. The molecule has 0 N–H and O–H groups in total. The first-order chi connectivity index (χ1) is 19.9. The minimum atomic E-state index is 1.17. The van der Waals surface area contributed by atoms with Crippen LogP contribution in [0.5, 0.6) is 0 Å². The molecule has 0 bridgehead atoms. The van der Waals surface area contributed by atoms with E-state index < -0.39 is 0 Å². The number of hydrogen-bond acceptors (Lipinski definition) is 0. The van der Waals surface area contributed by atoms with Crippen molar-refractivity contribution in [2.45, 2.75) is 13.8 Å². The number of benzene rings is 6. The van der Waals surface area contributed by atoms with Gasteiger partial charge in [0.2, 0.25) is 0 Å². The van der Waals surface area contributed by atoms with Crippen LogP contribution in [0.1, 0.15) is 13.8 Å². The second-order valence-corrected chi connectivity index (χ2v) is 9.84. The quantitative estimate of drug-likeness (QED) is 0.222. The van der Waals surface area contributed by atoms with Gasteiger partial charge in [0, 0.05) is 32.9 Å². The van der Waals surface area contributed by atoms with Gasteiger partial charge in [-0.25, -0.2) is 0 Å². The maximum absolute atomic E-state index is 2.38. The molecule has 0 spiro atoms. The van der Waals surface area contributed by atoms with Crippen LogP contribution in [0.25, 0.3) is 66.1 Å². The molecule has 0 unspecified atom stereocenters. The van der Waals surface area contributed by atoms with Gasteiger partial charge in [-0.3, -0.25) is 0 Å². The van der Waals surface area contributed by atoms with Crippen LogP contribution in [0.4, 0.5) is 0 Å². The number of fused-ring (bicyclic) bond motifs is 6. The van der Waals surface area contributed by atoms with E-state index in [-0.39, 0.29) is 0 Å². The maximum Gasteiger partial charge on any atom is 0.0541 e. The molecule has 8 aromatic rings.